The lowest BCUT2D eigenvalue weighted by Crippen LogP contribution is -2.24. The molecule has 0 atom stereocenters. The molecule has 8 nitrogen and oxygen atoms in total. The van der Waals surface area contributed by atoms with Gasteiger partial charge in [-0.1, -0.05) is 18.1 Å². The van der Waals surface area contributed by atoms with E-state index in [0.717, 1.165) is 24.2 Å². The van der Waals surface area contributed by atoms with Crippen molar-refractivity contribution < 1.29 is 24.6 Å². The highest BCUT2D eigenvalue weighted by Gasteiger charge is 2.03. The molecular weight excluding hydrogens is 386 g/mol. The van der Waals surface area contributed by atoms with Crippen molar-refractivity contribution in [1.82, 2.24) is 0 Å². The Morgan fingerprint density at radius 2 is 1.93 bits per heavy atom. The van der Waals surface area contributed by atoms with Gasteiger partial charge in [0.2, 0.25) is 12.3 Å². The maximum absolute atomic E-state index is 10.5. The molecule has 2 rings (SSSR count). The van der Waals surface area contributed by atoms with Crippen molar-refractivity contribution in [2.75, 3.05) is 32.2 Å². The van der Waals surface area contributed by atoms with Gasteiger partial charge in [-0.15, -0.1) is 0 Å². The number of methoxy groups -OCH3 is 1. The number of aliphatic hydroxyl groups is 1. The molecule has 0 aromatic heterocycles. The molecule has 2 aromatic rings. The van der Waals surface area contributed by atoms with E-state index in [-0.39, 0.29) is 18.9 Å². The van der Waals surface area contributed by atoms with Gasteiger partial charge >= 0.3 is 0 Å². The number of oxime groups is 1. The maximum atomic E-state index is 10.5. The number of carbonyl (C=O) groups is 1. The summed E-state index contributed by atoms with van der Waals surface area (Å²) in [7, 11) is 3.34. The number of hydrogen-bond acceptors (Lipinski definition) is 7. The lowest BCUT2D eigenvalue weighted by atomic mass is 10.2. The Balaban J connectivity index is 0.000000311. The highest BCUT2D eigenvalue weighted by molar-refractivity contribution is 5.81. The zero-order valence-electron chi connectivity index (χ0n) is 17.6. The van der Waals surface area contributed by atoms with Crippen LogP contribution in [0, 0.1) is 0 Å². The lowest BCUT2D eigenvalue weighted by Gasteiger charge is -2.15. The SMILES string of the molecule is CCCC(=NC)O/N=C/c1ccc(OC)cc1.O=CN(CCO)c1cccc(O)c1. The summed E-state index contributed by atoms with van der Waals surface area (Å²) >= 11 is 0. The van der Waals surface area contributed by atoms with Gasteiger partial charge in [-0.2, -0.15) is 0 Å². The molecule has 0 heterocycles. The quantitative estimate of drug-likeness (QED) is 0.283. The van der Waals surface area contributed by atoms with Gasteiger partial charge in [0.15, 0.2) is 0 Å². The van der Waals surface area contributed by atoms with Crippen LogP contribution < -0.4 is 9.64 Å². The molecule has 0 bridgehead atoms. The second-order valence-electron chi connectivity index (χ2n) is 6.01. The number of hydrogen-bond donors (Lipinski definition) is 2. The Morgan fingerprint density at radius 1 is 1.20 bits per heavy atom. The molecule has 162 valence electrons. The Morgan fingerprint density at radius 3 is 2.47 bits per heavy atom. The standard InChI is InChI=1S/C13H18N2O2.C9H11NO3/c1-4-5-13(14-2)17-15-10-11-6-8-12(16-3)9-7-11;11-5-4-10(7-12)8-2-1-3-9(13)6-8/h6-10H,4-5H2,1-3H3;1-3,6-7,11,13H,4-5H2/b14-13?,15-10+;. The molecule has 0 aliphatic heterocycles. The number of benzene rings is 2. The maximum Gasteiger partial charge on any atom is 0.219 e. The number of phenolic OH excluding ortho intramolecular Hbond substituents is 1. The van der Waals surface area contributed by atoms with Gasteiger partial charge in [0.1, 0.15) is 11.5 Å². The number of carbonyl (C=O) groups excluding carboxylic acids is 1. The Hall–Kier alpha value is -3.39. The van der Waals surface area contributed by atoms with Gasteiger partial charge in [-0.25, -0.2) is 0 Å². The first-order chi connectivity index (χ1) is 14.6. The number of phenols is 1. The number of ether oxygens (including phenoxy) is 1. The number of anilines is 1. The van der Waals surface area contributed by atoms with Gasteiger partial charge in [-0.3, -0.25) is 9.79 Å². The third kappa shape index (κ3) is 9.20. The fourth-order valence-corrected chi connectivity index (χ4v) is 2.27. The molecule has 30 heavy (non-hydrogen) atoms. The van der Waals surface area contributed by atoms with Gasteiger partial charge < -0.3 is 24.7 Å². The number of amides is 1. The predicted molar refractivity (Wildman–Crippen MR) is 119 cm³/mol. The van der Waals surface area contributed by atoms with E-state index >= 15 is 0 Å². The van der Waals surface area contributed by atoms with Crippen LogP contribution in [0.2, 0.25) is 0 Å². The van der Waals surface area contributed by atoms with Crippen LogP contribution in [0.3, 0.4) is 0 Å². The van der Waals surface area contributed by atoms with E-state index in [2.05, 4.69) is 17.1 Å². The molecule has 0 unspecified atom stereocenters. The minimum Gasteiger partial charge on any atom is -0.508 e. The van der Waals surface area contributed by atoms with Crippen molar-refractivity contribution in [3.05, 3.63) is 54.1 Å². The summed E-state index contributed by atoms with van der Waals surface area (Å²) in [5.41, 5.74) is 1.53. The summed E-state index contributed by atoms with van der Waals surface area (Å²) in [6.45, 7) is 2.20. The van der Waals surface area contributed by atoms with Gasteiger partial charge in [-0.05, 0) is 48.4 Å². The summed E-state index contributed by atoms with van der Waals surface area (Å²) in [4.78, 5) is 21.0. The first-order valence-electron chi connectivity index (χ1n) is 9.49. The molecule has 0 spiro atoms. The highest BCUT2D eigenvalue weighted by atomic mass is 16.6. The summed E-state index contributed by atoms with van der Waals surface area (Å²) in [6, 6.07) is 13.9. The average molecular weight is 415 g/mol. The van der Waals surface area contributed by atoms with E-state index in [9.17, 15) is 4.79 Å². The summed E-state index contributed by atoms with van der Waals surface area (Å²) in [5.74, 6) is 1.57. The van der Waals surface area contributed by atoms with Crippen molar-refractivity contribution in [3.63, 3.8) is 0 Å². The average Bonchev–Trinajstić information content (AvgIpc) is 2.77. The molecule has 0 aliphatic carbocycles. The van der Waals surface area contributed by atoms with Crippen LogP contribution in [0.5, 0.6) is 11.5 Å². The second-order valence-corrected chi connectivity index (χ2v) is 6.01. The second kappa shape index (κ2) is 14.6. The predicted octanol–water partition coefficient (Wildman–Crippen LogP) is 3.22. The molecule has 2 N–H and O–H groups in total. The van der Waals surface area contributed by atoms with Crippen molar-refractivity contribution in [2.24, 2.45) is 10.1 Å². The number of rotatable bonds is 9. The topological polar surface area (TPSA) is 104 Å². The highest BCUT2D eigenvalue weighted by Crippen LogP contribution is 2.18. The Kier molecular flexibility index (Phi) is 12.0. The molecule has 1 amide bonds. The molecule has 0 fully saturated rings. The van der Waals surface area contributed by atoms with Gasteiger partial charge in [0.05, 0.1) is 19.9 Å². The summed E-state index contributed by atoms with van der Waals surface area (Å²) in [5, 5.41) is 21.6. The monoisotopic (exact) mass is 415 g/mol. The first kappa shape index (κ1) is 24.6. The summed E-state index contributed by atoms with van der Waals surface area (Å²) in [6.07, 6.45) is 4.06. The van der Waals surface area contributed by atoms with Crippen LogP contribution >= 0.6 is 0 Å². The van der Waals surface area contributed by atoms with Crippen molar-refractivity contribution >= 4 is 24.2 Å². The fourth-order valence-electron chi connectivity index (χ4n) is 2.27. The minimum atomic E-state index is -0.103. The molecule has 0 saturated heterocycles. The van der Waals surface area contributed by atoms with E-state index in [1.165, 1.54) is 17.0 Å². The Labute approximate surface area is 177 Å². The van der Waals surface area contributed by atoms with Crippen LogP contribution in [0.15, 0.2) is 58.7 Å². The third-order valence-electron chi connectivity index (χ3n) is 3.82. The normalized spacial score (nSPS) is 10.9. The molecule has 8 heteroatoms. The van der Waals surface area contributed by atoms with E-state index in [1.54, 1.807) is 32.5 Å². The van der Waals surface area contributed by atoms with E-state index in [1.807, 2.05) is 24.3 Å². The van der Waals surface area contributed by atoms with Crippen LogP contribution in [-0.2, 0) is 9.63 Å². The zero-order valence-corrected chi connectivity index (χ0v) is 17.6. The van der Waals surface area contributed by atoms with Gasteiger partial charge in [0, 0.05) is 31.8 Å². The lowest BCUT2D eigenvalue weighted by molar-refractivity contribution is -0.107. The molecular formula is C22H29N3O5. The van der Waals surface area contributed by atoms with E-state index < -0.39 is 0 Å². The molecule has 0 radical (unpaired) electrons. The molecule has 2 aromatic carbocycles. The number of aliphatic imine (C=N–C) groups is 1. The van der Waals surface area contributed by atoms with Crippen LogP contribution in [-0.4, -0.2) is 56.0 Å². The van der Waals surface area contributed by atoms with Crippen LogP contribution in [0.4, 0.5) is 5.69 Å². The fraction of sp³-hybridized carbons (Fsp3) is 0.318. The number of aromatic hydroxyl groups is 1. The zero-order chi connectivity index (χ0) is 22.2. The smallest absolute Gasteiger partial charge is 0.219 e. The van der Waals surface area contributed by atoms with Crippen molar-refractivity contribution in [1.29, 1.82) is 0 Å². The summed E-state index contributed by atoms with van der Waals surface area (Å²) < 4.78 is 5.07. The van der Waals surface area contributed by atoms with E-state index in [0.29, 0.717) is 18.0 Å². The van der Waals surface area contributed by atoms with E-state index in [4.69, 9.17) is 19.8 Å². The van der Waals surface area contributed by atoms with Gasteiger partial charge in [0.25, 0.3) is 0 Å². The van der Waals surface area contributed by atoms with Crippen molar-refractivity contribution in [3.8, 4) is 11.5 Å². The number of nitrogens with zero attached hydrogens (tertiary/aromatic N) is 3. The largest absolute Gasteiger partial charge is 0.508 e. The molecule has 0 aliphatic rings. The first-order valence-corrected chi connectivity index (χ1v) is 9.49. The van der Waals surface area contributed by atoms with Crippen molar-refractivity contribution in [2.45, 2.75) is 19.8 Å². The minimum absolute atomic E-state index is 0.0993. The Bertz CT molecular complexity index is 807. The van der Waals surface area contributed by atoms with Crippen LogP contribution in [0.1, 0.15) is 25.3 Å². The van der Waals surface area contributed by atoms with Crippen LogP contribution in [0.25, 0.3) is 0 Å². The number of aliphatic hydroxyl groups excluding tert-OH is 1. The third-order valence-corrected chi connectivity index (χ3v) is 3.82. The molecule has 0 saturated carbocycles.